The average molecular weight is 525 g/mol. The lowest BCUT2D eigenvalue weighted by Crippen LogP contribution is -2.34. The Morgan fingerprint density at radius 2 is 1.76 bits per heavy atom. The number of carbonyl (C=O) groups excluding carboxylic acids is 1. The summed E-state index contributed by atoms with van der Waals surface area (Å²) in [6.07, 6.45) is 7.40. The highest BCUT2D eigenvalue weighted by Crippen LogP contribution is 2.29. The van der Waals surface area contributed by atoms with Gasteiger partial charge in [0.15, 0.2) is 0 Å². The maximum Gasteiger partial charge on any atom is 0.255 e. The summed E-state index contributed by atoms with van der Waals surface area (Å²) in [5.74, 6) is -0.181. The first-order valence-electron chi connectivity index (χ1n) is 12.2. The maximum atomic E-state index is 12.9. The zero-order valence-corrected chi connectivity index (χ0v) is 22.2. The number of halogens is 1. The molecule has 3 N–H and O–H groups in total. The topological polar surface area (TPSA) is 72.5 Å². The molecule has 1 aliphatic rings. The van der Waals surface area contributed by atoms with Crippen molar-refractivity contribution in [1.82, 2.24) is 9.88 Å². The molecular formula is C30H29ClN6O. The predicted octanol–water partition coefficient (Wildman–Crippen LogP) is 6.62. The number of rotatable bonds is 7. The van der Waals surface area contributed by atoms with E-state index < -0.39 is 0 Å². The number of likely N-dealkylation sites (N-methyl/N-ethyl adjacent to an activating group) is 1. The van der Waals surface area contributed by atoms with Crippen LogP contribution in [-0.4, -0.2) is 43.1 Å². The summed E-state index contributed by atoms with van der Waals surface area (Å²) in [4.78, 5) is 21.5. The van der Waals surface area contributed by atoms with Gasteiger partial charge in [0, 0.05) is 78.0 Å². The Morgan fingerprint density at radius 1 is 0.974 bits per heavy atom. The summed E-state index contributed by atoms with van der Waals surface area (Å²) in [6, 6.07) is 23.2. The lowest BCUT2D eigenvalue weighted by Gasteiger charge is -2.28. The number of hydrogen-bond donors (Lipinski definition) is 3. The number of nitrogens with zero attached hydrogens (tertiary/aromatic N) is 3. The quantitative estimate of drug-likeness (QED) is 0.252. The van der Waals surface area contributed by atoms with Crippen LogP contribution in [0.1, 0.15) is 10.4 Å². The van der Waals surface area contributed by atoms with Crippen LogP contribution < -0.4 is 20.9 Å². The average Bonchev–Trinajstić information content (AvgIpc) is 2.91. The van der Waals surface area contributed by atoms with Crippen molar-refractivity contribution in [1.29, 1.82) is 0 Å². The third-order valence-electron chi connectivity index (χ3n) is 6.33. The number of nitrogens with one attached hydrogen (secondary N) is 3. The summed E-state index contributed by atoms with van der Waals surface area (Å²) >= 11 is 6.15. The Kier molecular flexibility index (Phi) is 7.20. The van der Waals surface area contributed by atoms with Crippen LogP contribution in [-0.2, 0) is 0 Å². The fourth-order valence-electron chi connectivity index (χ4n) is 4.19. The molecule has 0 bridgehead atoms. The van der Waals surface area contributed by atoms with Crippen molar-refractivity contribution < 1.29 is 4.79 Å². The van der Waals surface area contributed by atoms with Crippen LogP contribution in [0.4, 0.5) is 28.4 Å². The minimum Gasteiger partial charge on any atom is -0.378 e. The van der Waals surface area contributed by atoms with Crippen LogP contribution in [0, 0.1) is 0 Å². The molecule has 1 amide bonds. The van der Waals surface area contributed by atoms with Gasteiger partial charge in [0.2, 0.25) is 0 Å². The van der Waals surface area contributed by atoms with Crippen molar-refractivity contribution in [2.24, 2.45) is 0 Å². The molecule has 0 saturated heterocycles. The minimum atomic E-state index is -0.181. The number of amides is 1. The monoisotopic (exact) mass is 524 g/mol. The highest BCUT2D eigenvalue weighted by Gasteiger charge is 2.14. The molecule has 8 heteroatoms. The van der Waals surface area contributed by atoms with Crippen LogP contribution in [0.2, 0.25) is 0 Å². The lowest BCUT2D eigenvalue weighted by atomic mass is 10.1. The van der Waals surface area contributed by atoms with Crippen LogP contribution in [0.3, 0.4) is 0 Å². The number of anilines is 5. The lowest BCUT2D eigenvalue weighted by molar-refractivity contribution is 0.102. The molecule has 3 aromatic carbocycles. The van der Waals surface area contributed by atoms with E-state index in [1.54, 1.807) is 6.20 Å². The molecule has 7 nitrogen and oxygen atoms in total. The van der Waals surface area contributed by atoms with Gasteiger partial charge < -0.3 is 25.8 Å². The van der Waals surface area contributed by atoms with Gasteiger partial charge in [-0.1, -0.05) is 17.7 Å². The minimum absolute atomic E-state index is 0.0783. The van der Waals surface area contributed by atoms with Crippen LogP contribution in [0.15, 0.2) is 102 Å². The van der Waals surface area contributed by atoms with Crippen molar-refractivity contribution in [3.05, 3.63) is 108 Å². The molecule has 2 heterocycles. The molecule has 38 heavy (non-hydrogen) atoms. The standard InChI is InChI=1S/C30H29ClN6O/c1-36(2)25-11-12-27-26(19-25)28(13-15-32-27)33-22-9-7-20(8-10-22)30(38)35-24-6-4-5-23(18-24)34-29-17-21(31)14-16-37(29)3/h4-19,29,34H,1-3H3,(H,32,33)(H,35,38). The Labute approximate surface area is 227 Å². The number of hydrogen-bond acceptors (Lipinski definition) is 6. The molecule has 4 aromatic rings. The first kappa shape index (κ1) is 25.2. The second-order valence-corrected chi connectivity index (χ2v) is 9.75. The summed E-state index contributed by atoms with van der Waals surface area (Å²) in [7, 11) is 6.00. The molecule has 0 spiro atoms. The number of allylic oxidation sites excluding steroid dienone is 2. The van der Waals surface area contributed by atoms with E-state index in [-0.39, 0.29) is 12.1 Å². The smallest absolute Gasteiger partial charge is 0.255 e. The van der Waals surface area contributed by atoms with E-state index in [4.69, 9.17) is 11.6 Å². The molecule has 0 fully saturated rings. The zero-order chi connectivity index (χ0) is 26.6. The Hall–Kier alpha value is -4.49. The van der Waals surface area contributed by atoms with Crippen molar-refractivity contribution in [2.45, 2.75) is 6.17 Å². The molecule has 1 aromatic heterocycles. The summed E-state index contributed by atoms with van der Waals surface area (Å²) in [6.45, 7) is 0. The van der Waals surface area contributed by atoms with Crippen molar-refractivity contribution in [3.63, 3.8) is 0 Å². The molecule has 0 aliphatic carbocycles. The van der Waals surface area contributed by atoms with E-state index in [0.717, 1.165) is 33.7 Å². The summed E-state index contributed by atoms with van der Waals surface area (Å²) in [5, 5.41) is 11.6. The van der Waals surface area contributed by atoms with Crippen molar-refractivity contribution >= 4 is 56.8 Å². The van der Waals surface area contributed by atoms with Gasteiger partial charge in [-0.3, -0.25) is 9.78 Å². The van der Waals surface area contributed by atoms with E-state index in [1.807, 2.05) is 105 Å². The number of benzene rings is 3. The van der Waals surface area contributed by atoms with Crippen molar-refractivity contribution in [2.75, 3.05) is 42.0 Å². The number of carbonyl (C=O) groups is 1. The largest absolute Gasteiger partial charge is 0.378 e. The van der Waals surface area contributed by atoms with Gasteiger partial charge in [0.05, 0.1) is 5.52 Å². The Balaban J connectivity index is 1.26. The molecule has 0 saturated carbocycles. The summed E-state index contributed by atoms with van der Waals surface area (Å²) in [5.41, 5.74) is 5.99. The van der Waals surface area contributed by atoms with Crippen LogP contribution >= 0.6 is 11.6 Å². The number of pyridine rings is 1. The van der Waals surface area contributed by atoms with Crippen LogP contribution in [0.25, 0.3) is 10.9 Å². The molecule has 192 valence electrons. The van der Waals surface area contributed by atoms with Crippen molar-refractivity contribution in [3.8, 4) is 0 Å². The Morgan fingerprint density at radius 3 is 2.55 bits per heavy atom. The predicted molar refractivity (Wildman–Crippen MR) is 158 cm³/mol. The first-order chi connectivity index (χ1) is 18.4. The third-order valence-corrected chi connectivity index (χ3v) is 6.58. The second kappa shape index (κ2) is 10.9. The first-order valence-corrected chi connectivity index (χ1v) is 12.6. The fourth-order valence-corrected chi connectivity index (χ4v) is 4.37. The fraction of sp³-hybridized carbons (Fsp3) is 0.133. The van der Waals surface area contributed by atoms with E-state index in [2.05, 4.69) is 38.0 Å². The molecule has 5 rings (SSSR count). The highest BCUT2D eigenvalue weighted by molar-refractivity contribution is 6.31. The van der Waals surface area contributed by atoms with Gasteiger partial charge in [0.1, 0.15) is 6.17 Å². The van der Waals surface area contributed by atoms with Gasteiger partial charge in [-0.2, -0.15) is 0 Å². The van der Waals surface area contributed by atoms with E-state index in [1.165, 1.54) is 0 Å². The summed E-state index contributed by atoms with van der Waals surface area (Å²) < 4.78 is 0. The van der Waals surface area contributed by atoms with Crippen LogP contribution in [0.5, 0.6) is 0 Å². The molecule has 0 radical (unpaired) electrons. The van der Waals surface area contributed by atoms with Gasteiger partial charge in [-0.05, 0) is 78.9 Å². The SMILES string of the molecule is CN(C)c1ccc2nccc(Nc3ccc(C(=O)Nc4cccc(NC5C=C(Cl)C=CN5C)c4)cc3)c2c1. The van der Waals surface area contributed by atoms with E-state index in [9.17, 15) is 4.79 Å². The van der Waals surface area contributed by atoms with Gasteiger partial charge in [0.25, 0.3) is 5.91 Å². The zero-order valence-electron chi connectivity index (χ0n) is 21.4. The van der Waals surface area contributed by atoms with E-state index >= 15 is 0 Å². The second-order valence-electron chi connectivity index (χ2n) is 9.31. The molecule has 1 aliphatic heterocycles. The van der Waals surface area contributed by atoms with E-state index in [0.29, 0.717) is 16.3 Å². The number of fused-ring (bicyclic) bond motifs is 1. The molecule has 1 unspecified atom stereocenters. The van der Waals surface area contributed by atoms with Gasteiger partial charge in [-0.25, -0.2) is 0 Å². The molecule has 1 atom stereocenters. The highest BCUT2D eigenvalue weighted by atomic mass is 35.5. The maximum absolute atomic E-state index is 12.9. The van der Waals surface area contributed by atoms with Gasteiger partial charge >= 0.3 is 0 Å². The normalized spacial score (nSPS) is 14.7. The third kappa shape index (κ3) is 5.74. The van der Waals surface area contributed by atoms with Gasteiger partial charge in [-0.15, -0.1) is 0 Å². The number of aromatic nitrogens is 1. The molecular weight excluding hydrogens is 496 g/mol. The Bertz CT molecular complexity index is 1530.